The smallest absolute Gasteiger partial charge is 0.321 e. The predicted molar refractivity (Wildman–Crippen MR) is 71.6 cm³/mol. The van der Waals surface area contributed by atoms with Crippen molar-refractivity contribution in [2.24, 2.45) is 0 Å². The lowest BCUT2D eigenvalue weighted by Gasteiger charge is -2.07. The van der Waals surface area contributed by atoms with E-state index in [-0.39, 0.29) is 0 Å². The molecule has 0 saturated heterocycles. The second-order valence-electron chi connectivity index (χ2n) is 3.92. The quantitative estimate of drug-likeness (QED) is 0.863. The van der Waals surface area contributed by atoms with Gasteiger partial charge in [-0.25, -0.2) is 0 Å². The van der Waals surface area contributed by atoms with Crippen LogP contribution >= 0.6 is 0 Å². The van der Waals surface area contributed by atoms with Crippen LogP contribution in [0.4, 0.5) is 6.01 Å². The molecule has 1 N–H and O–H groups in total. The summed E-state index contributed by atoms with van der Waals surface area (Å²) in [5.74, 6) is 1.81. The zero-order chi connectivity index (χ0) is 13.7. The number of nitrogens with one attached hydrogen (secondary N) is 1. The summed E-state index contributed by atoms with van der Waals surface area (Å²) in [6, 6.07) is 5.90. The first-order valence-electron chi connectivity index (χ1n) is 6.08. The first-order valence-corrected chi connectivity index (χ1v) is 6.08. The predicted octanol–water partition coefficient (Wildman–Crippen LogP) is 2.58. The van der Waals surface area contributed by atoms with E-state index in [1.807, 2.05) is 18.2 Å². The molecule has 0 spiro atoms. The standard InChI is InChI=1S/C13H17N3O3/c1-4-7-14-13-15-12(16-19-13)9-5-6-10(17-2)11(8-9)18-3/h5-6,8H,4,7H2,1-3H3,(H,14,15,16). The number of rotatable bonds is 6. The molecule has 6 heteroatoms. The van der Waals surface area contributed by atoms with E-state index in [1.54, 1.807) is 14.2 Å². The molecule has 2 rings (SSSR count). The fraction of sp³-hybridized carbons (Fsp3) is 0.385. The number of aromatic nitrogens is 2. The van der Waals surface area contributed by atoms with Crippen LogP contribution in [0.5, 0.6) is 11.5 Å². The molecule has 19 heavy (non-hydrogen) atoms. The van der Waals surface area contributed by atoms with E-state index < -0.39 is 0 Å². The Morgan fingerprint density at radius 1 is 1.21 bits per heavy atom. The van der Waals surface area contributed by atoms with Gasteiger partial charge in [-0.1, -0.05) is 12.1 Å². The molecule has 1 aromatic carbocycles. The van der Waals surface area contributed by atoms with Crippen LogP contribution in [-0.4, -0.2) is 30.9 Å². The first kappa shape index (κ1) is 13.2. The topological polar surface area (TPSA) is 69.4 Å². The molecule has 0 amide bonds. The molecule has 1 heterocycles. The Labute approximate surface area is 111 Å². The third-order valence-corrected chi connectivity index (χ3v) is 2.59. The summed E-state index contributed by atoms with van der Waals surface area (Å²) in [6.45, 7) is 2.87. The third-order valence-electron chi connectivity index (χ3n) is 2.59. The Morgan fingerprint density at radius 3 is 2.68 bits per heavy atom. The summed E-state index contributed by atoms with van der Waals surface area (Å²) in [5.41, 5.74) is 0.811. The summed E-state index contributed by atoms with van der Waals surface area (Å²) >= 11 is 0. The Morgan fingerprint density at radius 2 is 2.00 bits per heavy atom. The highest BCUT2D eigenvalue weighted by molar-refractivity contribution is 5.61. The van der Waals surface area contributed by atoms with E-state index in [9.17, 15) is 0 Å². The van der Waals surface area contributed by atoms with Crippen LogP contribution in [0.25, 0.3) is 11.4 Å². The molecule has 0 atom stereocenters. The Hall–Kier alpha value is -2.24. The minimum atomic E-state index is 0.423. The van der Waals surface area contributed by atoms with Gasteiger partial charge in [0.1, 0.15) is 0 Å². The van der Waals surface area contributed by atoms with Gasteiger partial charge in [-0.05, 0) is 24.6 Å². The van der Waals surface area contributed by atoms with Crippen molar-refractivity contribution in [1.29, 1.82) is 0 Å². The van der Waals surface area contributed by atoms with Gasteiger partial charge < -0.3 is 19.3 Å². The van der Waals surface area contributed by atoms with Gasteiger partial charge in [-0.2, -0.15) is 4.98 Å². The molecule has 0 aliphatic rings. The molecule has 0 radical (unpaired) electrons. The highest BCUT2D eigenvalue weighted by Crippen LogP contribution is 2.31. The number of hydrogen-bond acceptors (Lipinski definition) is 6. The summed E-state index contributed by atoms with van der Waals surface area (Å²) in [4.78, 5) is 4.26. The molecule has 0 unspecified atom stereocenters. The summed E-state index contributed by atoms with van der Waals surface area (Å²) < 4.78 is 15.5. The Kier molecular flexibility index (Phi) is 4.22. The van der Waals surface area contributed by atoms with Crippen molar-refractivity contribution in [3.63, 3.8) is 0 Å². The number of nitrogens with zero attached hydrogens (tertiary/aromatic N) is 2. The first-order chi connectivity index (χ1) is 9.28. The van der Waals surface area contributed by atoms with Gasteiger partial charge in [0.05, 0.1) is 14.2 Å². The van der Waals surface area contributed by atoms with Crippen LogP contribution in [0.2, 0.25) is 0 Å². The molecule has 6 nitrogen and oxygen atoms in total. The Balaban J connectivity index is 2.23. The van der Waals surface area contributed by atoms with E-state index in [2.05, 4.69) is 22.4 Å². The second kappa shape index (κ2) is 6.08. The average molecular weight is 263 g/mol. The van der Waals surface area contributed by atoms with Crippen molar-refractivity contribution >= 4 is 6.01 Å². The minimum absolute atomic E-state index is 0.423. The molecule has 2 aromatic rings. The van der Waals surface area contributed by atoms with Crippen LogP contribution in [0, 0.1) is 0 Å². The maximum Gasteiger partial charge on any atom is 0.321 e. The zero-order valence-electron chi connectivity index (χ0n) is 11.3. The normalized spacial score (nSPS) is 10.3. The fourth-order valence-electron chi connectivity index (χ4n) is 1.62. The molecule has 0 bridgehead atoms. The molecular weight excluding hydrogens is 246 g/mol. The lowest BCUT2D eigenvalue weighted by Crippen LogP contribution is -1.99. The van der Waals surface area contributed by atoms with Crippen molar-refractivity contribution in [3.05, 3.63) is 18.2 Å². The summed E-state index contributed by atoms with van der Waals surface area (Å²) in [6.07, 6.45) is 0.994. The van der Waals surface area contributed by atoms with Crippen LogP contribution in [-0.2, 0) is 0 Å². The van der Waals surface area contributed by atoms with Gasteiger partial charge in [0.25, 0.3) is 0 Å². The van der Waals surface area contributed by atoms with Gasteiger partial charge >= 0.3 is 6.01 Å². The van der Waals surface area contributed by atoms with E-state index in [4.69, 9.17) is 14.0 Å². The lowest BCUT2D eigenvalue weighted by molar-refractivity contribution is 0.355. The lowest BCUT2D eigenvalue weighted by atomic mass is 10.2. The van der Waals surface area contributed by atoms with Gasteiger partial charge in [0.2, 0.25) is 5.82 Å². The molecule has 0 aliphatic carbocycles. The van der Waals surface area contributed by atoms with E-state index >= 15 is 0 Å². The largest absolute Gasteiger partial charge is 0.493 e. The van der Waals surface area contributed by atoms with Crippen LogP contribution in [0.1, 0.15) is 13.3 Å². The van der Waals surface area contributed by atoms with Crippen molar-refractivity contribution in [1.82, 2.24) is 10.1 Å². The molecule has 0 fully saturated rings. The number of ether oxygens (including phenoxy) is 2. The van der Waals surface area contributed by atoms with Crippen LogP contribution < -0.4 is 14.8 Å². The minimum Gasteiger partial charge on any atom is -0.493 e. The summed E-state index contributed by atoms with van der Waals surface area (Å²) in [5, 5.41) is 6.96. The van der Waals surface area contributed by atoms with Gasteiger partial charge in [-0.15, -0.1) is 0 Å². The van der Waals surface area contributed by atoms with Crippen molar-refractivity contribution in [2.75, 3.05) is 26.1 Å². The van der Waals surface area contributed by atoms with E-state index in [0.717, 1.165) is 18.5 Å². The SMILES string of the molecule is CCCNc1nc(-c2ccc(OC)c(OC)c2)no1. The van der Waals surface area contributed by atoms with Crippen molar-refractivity contribution < 1.29 is 14.0 Å². The maximum absolute atomic E-state index is 5.24. The van der Waals surface area contributed by atoms with E-state index in [0.29, 0.717) is 23.3 Å². The highest BCUT2D eigenvalue weighted by atomic mass is 16.5. The zero-order valence-corrected chi connectivity index (χ0v) is 11.3. The monoisotopic (exact) mass is 263 g/mol. The van der Waals surface area contributed by atoms with Crippen LogP contribution in [0.15, 0.2) is 22.7 Å². The number of hydrogen-bond donors (Lipinski definition) is 1. The van der Waals surface area contributed by atoms with Gasteiger partial charge in [0, 0.05) is 12.1 Å². The maximum atomic E-state index is 5.24. The highest BCUT2D eigenvalue weighted by Gasteiger charge is 2.11. The molecule has 0 aliphatic heterocycles. The Bertz CT molecular complexity index is 540. The van der Waals surface area contributed by atoms with Gasteiger partial charge in [0.15, 0.2) is 11.5 Å². The van der Waals surface area contributed by atoms with Crippen LogP contribution in [0.3, 0.4) is 0 Å². The van der Waals surface area contributed by atoms with Gasteiger partial charge in [-0.3, -0.25) is 0 Å². The molecule has 0 saturated carbocycles. The summed E-state index contributed by atoms with van der Waals surface area (Å²) in [7, 11) is 3.19. The van der Waals surface area contributed by atoms with E-state index in [1.165, 1.54) is 0 Å². The molecule has 102 valence electrons. The van der Waals surface area contributed by atoms with Crippen molar-refractivity contribution in [2.45, 2.75) is 13.3 Å². The number of anilines is 1. The van der Waals surface area contributed by atoms with Crippen molar-refractivity contribution in [3.8, 4) is 22.9 Å². The number of benzene rings is 1. The molecule has 1 aromatic heterocycles. The average Bonchev–Trinajstić information content (AvgIpc) is 2.93. The fourth-order valence-corrected chi connectivity index (χ4v) is 1.62. The third kappa shape index (κ3) is 2.96. The number of methoxy groups -OCH3 is 2. The molecular formula is C13H17N3O3. The second-order valence-corrected chi connectivity index (χ2v) is 3.92.